The first-order valence-corrected chi connectivity index (χ1v) is 8.78. The highest BCUT2D eigenvalue weighted by molar-refractivity contribution is 6.02. The Labute approximate surface area is 164 Å². The Hall–Kier alpha value is -3.66. The van der Waals surface area contributed by atoms with Crippen LogP contribution in [0.5, 0.6) is 0 Å². The van der Waals surface area contributed by atoms with Crippen LogP contribution in [0.2, 0.25) is 0 Å². The van der Waals surface area contributed by atoms with Crippen LogP contribution in [0.1, 0.15) is 31.8 Å². The van der Waals surface area contributed by atoms with Crippen molar-refractivity contribution < 1.29 is 19.1 Å². The molecule has 28 heavy (non-hydrogen) atoms. The maximum absolute atomic E-state index is 12.4. The average molecular weight is 372 g/mol. The molecule has 0 aliphatic carbocycles. The Balaban J connectivity index is 2.21. The highest BCUT2D eigenvalue weighted by Crippen LogP contribution is 2.31. The predicted octanol–water partition coefficient (Wildman–Crippen LogP) is 5.10. The summed E-state index contributed by atoms with van der Waals surface area (Å²) in [5.74, 6) is -0.873. The van der Waals surface area contributed by atoms with E-state index in [9.17, 15) is 9.59 Å². The van der Waals surface area contributed by atoms with Gasteiger partial charge in [0.05, 0.1) is 25.3 Å². The number of carbonyl (C=O) groups excluding carboxylic acids is 2. The number of hydrogen-bond donors (Lipinski definition) is 0. The largest absolute Gasteiger partial charge is 0.465 e. The molecule has 3 aromatic rings. The van der Waals surface area contributed by atoms with Crippen molar-refractivity contribution >= 4 is 24.1 Å². The van der Waals surface area contributed by atoms with Gasteiger partial charge in [0.2, 0.25) is 0 Å². The van der Waals surface area contributed by atoms with Crippen LogP contribution >= 0.6 is 0 Å². The molecule has 0 bridgehead atoms. The minimum absolute atomic E-state index is 0.423. The molecular weight excluding hydrogens is 352 g/mol. The third-order valence-electron chi connectivity index (χ3n) is 4.38. The minimum Gasteiger partial charge on any atom is -0.465 e. The Kier molecular flexibility index (Phi) is 6.02. The molecule has 0 unspecified atom stereocenters. The van der Waals surface area contributed by atoms with Gasteiger partial charge in [0, 0.05) is 0 Å². The summed E-state index contributed by atoms with van der Waals surface area (Å²) in [4.78, 5) is 24.6. The van der Waals surface area contributed by atoms with Crippen molar-refractivity contribution in [2.75, 3.05) is 14.2 Å². The molecule has 0 aromatic heterocycles. The molecule has 0 heterocycles. The van der Waals surface area contributed by atoms with Gasteiger partial charge in [-0.25, -0.2) is 9.59 Å². The van der Waals surface area contributed by atoms with Crippen molar-refractivity contribution in [1.29, 1.82) is 0 Å². The summed E-state index contributed by atoms with van der Waals surface area (Å²) >= 11 is 0. The molecule has 0 aliphatic rings. The van der Waals surface area contributed by atoms with Gasteiger partial charge in [-0.05, 0) is 34.4 Å². The molecule has 0 spiro atoms. The molecule has 3 aromatic carbocycles. The second-order valence-electron chi connectivity index (χ2n) is 6.04. The highest BCUT2D eigenvalue weighted by Gasteiger charge is 2.19. The Morgan fingerprint density at radius 2 is 1.21 bits per heavy atom. The number of hydrogen-bond acceptors (Lipinski definition) is 4. The summed E-state index contributed by atoms with van der Waals surface area (Å²) in [5, 5.41) is 0. The first-order chi connectivity index (χ1) is 13.7. The van der Waals surface area contributed by atoms with E-state index in [1.54, 1.807) is 24.3 Å². The lowest BCUT2D eigenvalue weighted by Gasteiger charge is -2.14. The highest BCUT2D eigenvalue weighted by atomic mass is 16.5. The molecule has 140 valence electrons. The van der Waals surface area contributed by atoms with Crippen molar-refractivity contribution in [2.24, 2.45) is 0 Å². The molecule has 0 aliphatic heterocycles. The Morgan fingerprint density at radius 1 is 0.643 bits per heavy atom. The molecule has 0 saturated heterocycles. The quantitative estimate of drug-likeness (QED) is 0.462. The molecule has 0 atom stereocenters. The molecule has 0 saturated carbocycles. The maximum atomic E-state index is 12.4. The molecule has 4 heteroatoms. The number of rotatable bonds is 5. The molecule has 0 amide bonds. The van der Waals surface area contributed by atoms with Crippen LogP contribution in [0.3, 0.4) is 0 Å². The van der Waals surface area contributed by atoms with Crippen molar-refractivity contribution in [1.82, 2.24) is 0 Å². The molecule has 0 fully saturated rings. The van der Waals surface area contributed by atoms with Crippen LogP contribution < -0.4 is 0 Å². The third kappa shape index (κ3) is 4.01. The number of esters is 2. The Morgan fingerprint density at radius 3 is 1.93 bits per heavy atom. The van der Waals surface area contributed by atoms with Gasteiger partial charge in [0.15, 0.2) is 0 Å². The van der Waals surface area contributed by atoms with E-state index < -0.39 is 11.9 Å². The van der Waals surface area contributed by atoms with E-state index >= 15 is 0 Å². The monoisotopic (exact) mass is 372 g/mol. The zero-order valence-electron chi connectivity index (χ0n) is 15.7. The first-order valence-electron chi connectivity index (χ1n) is 8.78. The molecular formula is C24H20O4. The summed E-state index contributed by atoms with van der Waals surface area (Å²) < 4.78 is 9.87. The average Bonchev–Trinajstić information content (AvgIpc) is 2.77. The lowest BCUT2D eigenvalue weighted by molar-refractivity contribution is 0.0593. The van der Waals surface area contributed by atoms with Crippen LogP contribution in [-0.4, -0.2) is 26.2 Å². The number of methoxy groups -OCH3 is 2. The standard InChI is InChI=1S/C24H20O4/c1-27-23(25)21-12-7-6-11-19(21)18-13-8-14-22(24(26)28-2)20(18)16-15-17-9-4-3-5-10-17/h3-16H,1-2H3/b16-15+. The zero-order valence-corrected chi connectivity index (χ0v) is 15.7. The second kappa shape index (κ2) is 8.82. The predicted molar refractivity (Wildman–Crippen MR) is 110 cm³/mol. The van der Waals surface area contributed by atoms with Gasteiger partial charge in [-0.1, -0.05) is 72.8 Å². The summed E-state index contributed by atoms with van der Waals surface area (Å²) in [6.45, 7) is 0. The molecule has 0 N–H and O–H groups in total. The lowest BCUT2D eigenvalue weighted by atomic mass is 9.91. The fraction of sp³-hybridized carbons (Fsp3) is 0.0833. The van der Waals surface area contributed by atoms with Crippen molar-refractivity contribution in [2.45, 2.75) is 0 Å². The minimum atomic E-state index is -0.440. The van der Waals surface area contributed by atoms with Gasteiger partial charge >= 0.3 is 11.9 Å². The fourth-order valence-corrected chi connectivity index (χ4v) is 3.02. The van der Waals surface area contributed by atoms with Crippen molar-refractivity contribution in [3.63, 3.8) is 0 Å². The van der Waals surface area contributed by atoms with E-state index in [4.69, 9.17) is 9.47 Å². The topological polar surface area (TPSA) is 52.6 Å². The second-order valence-corrected chi connectivity index (χ2v) is 6.04. The molecule has 0 radical (unpaired) electrons. The van der Waals surface area contributed by atoms with E-state index in [0.29, 0.717) is 22.3 Å². The van der Waals surface area contributed by atoms with Crippen LogP contribution in [0, 0.1) is 0 Å². The van der Waals surface area contributed by atoms with Gasteiger partial charge in [-0.2, -0.15) is 0 Å². The lowest BCUT2D eigenvalue weighted by Crippen LogP contribution is -2.07. The number of carbonyl (C=O) groups is 2. The molecule has 4 nitrogen and oxygen atoms in total. The summed E-state index contributed by atoms with van der Waals surface area (Å²) in [6.07, 6.45) is 3.79. The Bertz CT molecular complexity index is 1020. The summed E-state index contributed by atoms with van der Waals surface area (Å²) in [5.41, 5.74) is 3.96. The number of ether oxygens (including phenoxy) is 2. The van der Waals surface area contributed by atoms with Crippen LogP contribution in [0.15, 0.2) is 72.8 Å². The van der Waals surface area contributed by atoms with Crippen LogP contribution in [0.25, 0.3) is 23.3 Å². The van der Waals surface area contributed by atoms with E-state index in [-0.39, 0.29) is 0 Å². The normalized spacial score (nSPS) is 10.6. The van der Waals surface area contributed by atoms with Crippen molar-refractivity contribution in [3.8, 4) is 11.1 Å². The summed E-state index contributed by atoms with van der Waals surface area (Å²) in [7, 11) is 2.70. The zero-order chi connectivity index (χ0) is 19.9. The molecule has 3 rings (SSSR count). The smallest absolute Gasteiger partial charge is 0.338 e. The van der Waals surface area contributed by atoms with E-state index in [1.807, 2.05) is 60.7 Å². The first kappa shape index (κ1) is 19.1. The summed E-state index contributed by atoms with van der Waals surface area (Å²) in [6, 6.07) is 22.3. The maximum Gasteiger partial charge on any atom is 0.338 e. The van der Waals surface area contributed by atoms with E-state index in [2.05, 4.69) is 0 Å². The van der Waals surface area contributed by atoms with E-state index in [0.717, 1.165) is 11.1 Å². The van der Waals surface area contributed by atoms with Gasteiger partial charge < -0.3 is 9.47 Å². The van der Waals surface area contributed by atoms with Gasteiger partial charge in [-0.3, -0.25) is 0 Å². The fourth-order valence-electron chi connectivity index (χ4n) is 3.02. The third-order valence-corrected chi connectivity index (χ3v) is 4.38. The van der Waals surface area contributed by atoms with Crippen LogP contribution in [-0.2, 0) is 9.47 Å². The SMILES string of the molecule is COC(=O)c1ccccc1-c1cccc(C(=O)OC)c1/C=C/c1ccccc1. The van der Waals surface area contributed by atoms with Gasteiger partial charge in [0.1, 0.15) is 0 Å². The van der Waals surface area contributed by atoms with Gasteiger partial charge in [-0.15, -0.1) is 0 Å². The van der Waals surface area contributed by atoms with Gasteiger partial charge in [0.25, 0.3) is 0 Å². The van der Waals surface area contributed by atoms with Crippen molar-refractivity contribution in [3.05, 3.63) is 95.1 Å². The van der Waals surface area contributed by atoms with E-state index in [1.165, 1.54) is 14.2 Å². The number of benzene rings is 3. The van der Waals surface area contributed by atoms with Crippen LogP contribution in [0.4, 0.5) is 0 Å².